The molecule has 0 aliphatic carbocycles. The fraction of sp³-hybridized carbons (Fsp3) is 0.150. The standard InChI is InChI=1S/C20H18N2O5/c1-22-15-6-4-3-5-14(15)17(23)16(19(22)25)18(24)21-11-12-7-9-13(10-8-12)20(26)27-2/h3-10,23H,11H2,1-2H3,(H,21,24). The van der Waals surface area contributed by atoms with Crippen LogP contribution in [0.5, 0.6) is 5.75 Å². The smallest absolute Gasteiger partial charge is 0.337 e. The average Bonchev–Trinajstić information content (AvgIpc) is 2.70. The van der Waals surface area contributed by atoms with E-state index in [0.29, 0.717) is 16.5 Å². The fourth-order valence-corrected chi connectivity index (χ4v) is 2.83. The number of methoxy groups -OCH3 is 1. The van der Waals surface area contributed by atoms with Crippen molar-refractivity contribution in [3.8, 4) is 5.75 Å². The van der Waals surface area contributed by atoms with Gasteiger partial charge in [0.2, 0.25) is 0 Å². The predicted molar refractivity (Wildman–Crippen MR) is 99.8 cm³/mol. The summed E-state index contributed by atoms with van der Waals surface area (Å²) in [6.07, 6.45) is 0. The molecule has 7 heteroatoms. The SMILES string of the molecule is COC(=O)c1ccc(CNC(=O)c2c(O)c3ccccc3n(C)c2=O)cc1. The normalized spacial score (nSPS) is 10.6. The molecule has 138 valence electrons. The third-order valence-corrected chi connectivity index (χ3v) is 4.33. The first kappa shape index (κ1) is 18.2. The number of hydrogen-bond donors (Lipinski definition) is 2. The van der Waals surface area contributed by atoms with Crippen LogP contribution in [-0.4, -0.2) is 28.7 Å². The summed E-state index contributed by atoms with van der Waals surface area (Å²) in [5.41, 5.74) is 0.781. The molecule has 0 unspecified atom stereocenters. The molecule has 0 saturated heterocycles. The van der Waals surface area contributed by atoms with Crippen LogP contribution in [0, 0.1) is 0 Å². The Balaban J connectivity index is 1.85. The summed E-state index contributed by atoms with van der Waals surface area (Å²) >= 11 is 0. The Hall–Kier alpha value is -3.61. The molecule has 1 heterocycles. The molecule has 3 aromatic rings. The number of amides is 1. The molecular weight excluding hydrogens is 348 g/mol. The highest BCUT2D eigenvalue weighted by Gasteiger charge is 2.20. The number of ether oxygens (including phenoxy) is 1. The first-order valence-corrected chi connectivity index (χ1v) is 8.20. The lowest BCUT2D eigenvalue weighted by Gasteiger charge is -2.12. The second-order valence-corrected chi connectivity index (χ2v) is 5.98. The van der Waals surface area contributed by atoms with Crippen molar-refractivity contribution in [1.29, 1.82) is 0 Å². The lowest BCUT2D eigenvalue weighted by Crippen LogP contribution is -2.32. The molecule has 0 atom stereocenters. The van der Waals surface area contributed by atoms with Crippen molar-refractivity contribution in [2.45, 2.75) is 6.54 Å². The van der Waals surface area contributed by atoms with E-state index in [2.05, 4.69) is 10.1 Å². The molecule has 0 fully saturated rings. The van der Waals surface area contributed by atoms with Crippen LogP contribution in [0.15, 0.2) is 53.3 Å². The average molecular weight is 366 g/mol. The number of hydrogen-bond acceptors (Lipinski definition) is 5. The van der Waals surface area contributed by atoms with Gasteiger partial charge < -0.3 is 19.7 Å². The lowest BCUT2D eigenvalue weighted by atomic mass is 10.1. The Morgan fingerprint density at radius 1 is 1.11 bits per heavy atom. The van der Waals surface area contributed by atoms with Gasteiger partial charge in [-0.15, -0.1) is 0 Å². The molecule has 1 aromatic heterocycles. The number of carbonyl (C=O) groups is 2. The van der Waals surface area contributed by atoms with Gasteiger partial charge in [0, 0.05) is 19.0 Å². The minimum absolute atomic E-state index is 0.135. The number of nitrogens with zero attached hydrogens (tertiary/aromatic N) is 1. The van der Waals surface area contributed by atoms with E-state index in [9.17, 15) is 19.5 Å². The molecule has 0 radical (unpaired) electrons. The van der Waals surface area contributed by atoms with Crippen molar-refractivity contribution < 1.29 is 19.4 Å². The van der Waals surface area contributed by atoms with Gasteiger partial charge in [0.25, 0.3) is 11.5 Å². The number of pyridine rings is 1. The first-order chi connectivity index (χ1) is 12.9. The van der Waals surface area contributed by atoms with Gasteiger partial charge in [-0.05, 0) is 29.8 Å². The molecular formula is C20H18N2O5. The number of benzene rings is 2. The van der Waals surface area contributed by atoms with Crippen LogP contribution in [0.3, 0.4) is 0 Å². The van der Waals surface area contributed by atoms with E-state index in [1.807, 2.05) is 0 Å². The van der Waals surface area contributed by atoms with Gasteiger partial charge in [0.15, 0.2) is 0 Å². The summed E-state index contributed by atoms with van der Waals surface area (Å²) in [7, 11) is 2.85. The Bertz CT molecular complexity index is 1080. The number of aromatic hydroxyl groups is 1. The van der Waals surface area contributed by atoms with Gasteiger partial charge in [0.1, 0.15) is 11.3 Å². The van der Waals surface area contributed by atoms with Crippen LogP contribution in [0.4, 0.5) is 0 Å². The molecule has 1 amide bonds. The summed E-state index contributed by atoms with van der Waals surface area (Å²) in [6, 6.07) is 13.3. The van der Waals surface area contributed by atoms with Crippen molar-refractivity contribution in [2.75, 3.05) is 7.11 Å². The van der Waals surface area contributed by atoms with Gasteiger partial charge in [0.05, 0.1) is 18.2 Å². The quantitative estimate of drug-likeness (QED) is 0.688. The van der Waals surface area contributed by atoms with Gasteiger partial charge >= 0.3 is 5.97 Å². The molecule has 2 aromatic carbocycles. The number of rotatable bonds is 4. The van der Waals surface area contributed by atoms with Crippen LogP contribution in [0.25, 0.3) is 10.9 Å². The van der Waals surface area contributed by atoms with Crippen LogP contribution < -0.4 is 10.9 Å². The van der Waals surface area contributed by atoms with Crippen LogP contribution >= 0.6 is 0 Å². The molecule has 0 spiro atoms. The number of para-hydroxylation sites is 1. The Kier molecular flexibility index (Phi) is 4.94. The van der Waals surface area contributed by atoms with E-state index < -0.39 is 17.4 Å². The summed E-state index contributed by atoms with van der Waals surface area (Å²) in [6.45, 7) is 0.135. The van der Waals surface area contributed by atoms with Gasteiger partial charge in [-0.2, -0.15) is 0 Å². The minimum atomic E-state index is -0.670. The Morgan fingerprint density at radius 3 is 2.44 bits per heavy atom. The zero-order valence-corrected chi connectivity index (χ0v) is 14.9. The molecule has 0 saturated carbocycles. The summed E-state index contributed by atoms with van der Waals surface area (Å²) in [5.74, 6) is -1.46. The number of carbonyl (C=O) groups excluding carboxylic acids is 2. The minimum Gasteiger partial charge on any atom is -0.506 e. The largest absolute Gasteiger partial charge is 0.506 e. The van der Waals surface area contributed by atoms with E-state index >= 15 is 0 Å². The maximum Gasteiger partial charge on any atom is 0.337 e. The second-order valence-electron chi connectivity index (χ2n) is 5.98. The number of esters is 1. The Morgan fingerprint density at radius 2 is 1.78 bits per heavy atom. The van der Waals surface area contributed by atoms with Gasteiger partial charge in [-0.3, -0.25) is 9.59 Å². The van der Waals surface area contributed by atoms with Gasteiger partial charge in [-0.25, -0.2) is 4.79 Å². The molecule has 2 N–H and O–H groups in total. The monoisotopic (exact) mass is 366 g/mol. The maximum atomic E-state index is 12.5. The van der Waals surface area contributed by atoms with E-state index in [1.165, 1.54) is 11.7 Å². The molecule has 27 heavy (non-hydrogen) atoms. The molecule has 3 rings (SSSR count). The van der Waals surface area contributed by atoms with Crippen molar-refractivity contribution in [1.82, 2.24) is 9.88 Å². The highest BCUT2D eigenvalue weighted by atomic mass is 16.5. The first-order valence-electron chi connectivity index (χ1n) is 8.20. The number of nitrogens with one attached hydrogen (secondary N) is 1. The van der Waals surface area contributed by atoms with Crippen LogP contribution in [0.2, 0.25) is 0 Å². The van der Waals surface area contributed by atoms with Gasteiger partial charge in [-0.1, -0.05) is 24.3 Å². The summed E-state index contributed by atoms with van der Waals surface area (Å²) in [4.78, 5) is 36.5. The van der Waals surface area contributed by atoms with E-state index in [0.717, 1.165) is 5.56 Å². The maximum absolute atomic E-state index is 12.5. The van der Waals surface area contributed by atoms with Crippen molar-refractivity contribution >= 4 is 22.8 Å². The molecule has 0 aliphatic rings. The zero-order chi connectivity index (χ0) is 19.6. The van der Waals surface area contributed by atoms with E-state index in [1.54, 1.807) is 55.6 Å². The summed E-state index contributed by atoms with van der Waals surface area (Å²) in [5, 5.41) is 13.5. The van der Waals surface area contributed by atoms with Crippen LogP contribution in [0.1, 0.15) is 26.3 Å². The zero-order valence-electron chi connectivity index (χ0n) is 14.9. The highest BCUT2D eigenvalue weighted by molar-refractivity contribution is 6.02. The van der Waals surface area contributed by atoms with E-state index in [4.69, 9.17) is 0 Å². The third-order valence-electron chi connectivity index (χ3n) is 4.33. The summed E-state index contributed by atoms with van der Waals surface area (Å²) < 4.78 is 5.96. The topological polar surface area (TPSA) is 97.6 Å². The molecule has 0 bridgehead atoms. The third kappa shape index (κ3) is 3.39. The number of aromatic nitrogens is 1. The van der Waals surface area contributed by atoms with Crippen molar-refractivity contribution in [3.05, 3.63) is 75.6 Å². The van der Waals surface area contributed by atoms with Crippen molar-refractivity contribution in [3.63, 3.8) is 0 Å². The predicted octanol–water partition coefficient (Wildman–Crippen LogP) is 1.96. The number of aryl methyl sites for hydroxylation is 1. The molecule has 7 nitrogen and oxygen atoms in total. The Labute approximate surface area is 154 Å². The second kappa shape index (κ2) is 7.33. The van der Waals surface area contributed by atoms with E-state index in [-0.39, 0.29) is 17.9 Å². The molecule has 0 aliphatic heterocycles. The highest BCUT2D eigenvalue weighted by Crippen LogP contribution is 2.25. The lowest BCUT2D eigenvalue weighted by molar-refractivity contribution is 0.0600. The number of fused-ring (bicyclic) bond motifs is 1. The fourth-order valence-electron chi connectivity index (χ4n) is 2.83. The van der Waals surface area contributed by atoms with Crippen LogP contribution in [-0.2, 0) is 18.3 Å². The van der Waals surface area contributed by atoms with Crippen molar-refractivity contribution in [2.24, 2.45) is 7.05 Å².